The van der Waals surface area contributed by atoms with Gasteiger partial charge in [-0.3, -0.25) is 0 Å². The molecule has 2 aromatic heterocycles. The summed E-state index contributed by atoms with van der Waals surface area (Å²) in [5.74, 6) is 2.26. The van der Waals surface area contributed by atoms with E-state index in [-0.39, 0.29) is 5.88 Å². The fourth-order valence-electron chi connectivity index (χ4n) is 3.16. The Kier molecular flexibility index (Phi) is 5.60. The predicted octanol–water partition coefficient (Wildman–Crippen LogP) is 3.56. The number of nitrogens with zero attached hydrogens (tertiary/aromatic N) is 4. The van der Waals surface area contributed by atoms with Crippen molar-refractivity contribution in [3.05, 3.63) is 53.6 Å². The Morgan fingerprint density at radius 3 is 2.67 bits per heavy atom. The van der Waals surface area contributed by atoms with Crippen LogP contribution in [-0.2, 0) is 6.42 Å². The Morgan fingerprint density at radius 1 is 1.07 bits per heavy atom. The third-order valence-electron chi connectivity index (χ3n) is 4.63. The number of aromatic amines is 1. The van der Waals surface area contributed by atoms with Gasteiger partial charge in [0.2, 0.25) is 0 Å². The van der Waals surface area contributed by atoms with Gasteiger partial charge in [-0.05, 0) is 70.7 Å². The molecule has 0 bridgehead atoms. The lowest BCUT2D eigenvalue weighted by Gasteiger charge is -2.12. The van der Waals surface area contributed by atoms with E-state index in [9.17, 15) is 5.11 Å². The van der Waals surface area contributed by atoms with E-state index in [1.54, 1.807) is 7.11 Å². The molecule has 0 aliphatic rings. The summed E-state index contributed by atoms with van der Waals surface area (Å²) in [5, 5.41) is 26.9. The van der Waals surface area contributed by atoms with Crippen LogP contribution >= 0.6 is 0 Å². The van der Waals surface area contributed by atoms with Crippen LogP contribution in [0.4, 0.5) is 0 Å². The molecule has 154 valence electrons. The second kappa shape index (κ2) is 8.64. The molecule has 0 atom stereocenters. The summed E-state index contributed by atoms with van der Waals surface area (Å²) in [5.41, 5.74) is 3.76. The van der Waals surface area contributed by atoms with Crippen molar-refractivity contribution in [3.63, 3.8) is 0 Å². The highest BCUT2D eigenvalue weighted by Crippen LogP contribution is 2.33. The molecule has 0 fully saturated rings. The molecule has 4 aromatic rings. The van der Waals surface area contributed by atoms with Crippen molar-refractivity contribution >= 4 is 0 Å². The third-order valence-corrected chi connectivity index (χ3v) is 4.63. The Bertz CT molecular complexity index is 1120. The molecule has 0 saturated heterocycles. The average molecular weight is 407 g/mol. The van der Waals surface area contributed by atoms with Gasteiger partial charge in [0, 0.05) is 6.07 Å². The monoisotopic (exact) mass is 407 g/mol. The molecular formula is C21H21N5O4. The number of nitrogens with one attached hydrogen (secondary N) is 1. The van der Waals surface area contributed by atoms with Crippen molar-refractivity contribution in [1.29, 1.82) is 0 Å². The molecule has 0 radical (unpaired) electrons. The molecule has 0 spiro atoms. The van der Waals surface area contributed by atoms with Crippen LogP contribution in [0, 0.1) is 6.92 Å². The highest BCUT2D eigenvalue weighted by molar-refractivity contribution is 5.67. The molecule has 0 unspecified atom stereocenters. The standard InChI is InChI=1S/C21H21N5O4/c1-13-5-7-16(21-22-25-26-23-21)18(10-13)29-9-3-4-14-6-8-15(17(11-14)28-2)19-12-20(27)24-30-19/h5-8,10-12H,3-4,9H2,1-2H3,(H,24,27)(H,22,23,25,26). The minimum Gasteiger partial charge on any atom is -0.496 e. The average Bonchev–Trinajstić information content (AvgIpc) is 3.43. The second-order valence-corrected chi connectivity index (χ2v) is 6.79. The van der Waals surface area contributed by atoms with Gasteiger partial charge in [0.15, 0.2) is 11.6 Å². The zero-order chi connectivity index (χ0) is 20.9. The smallest absolute Gasteiger partial charge is 0.252 e. The Hall–Kier alpha value is -3.88. The van der Waals surface area contributed by atoms with Crippen molar-refractivity contribution in [2.24, 2.45) is 0 Å². The number of methoxy groups -OCH3 is 1. The minimum absolute atomic E-state index is 0.162. The first-order chi connectivity index (χ1) is 14.6. The molecule has 9 nitrogen and oxygen atoms in total. The van der Waals surface area contributed by atoms with E-state index in [4.69, 9.17) is 14.0 Å². The number of ether oxygens (including phenoxy) is 2. The van der Waals surface area contributed by atoms with Crippen LogP contribution in [0.5, 0.6) is 17.4 Å². The summed E-state index contributed by atoms with van der Waals surface area (Å²) in [6.07, 6.45) is 1.62. The van der Waals surface area contributed by atoms with E-state index < -0.39 is 0 Å². The Morgan fingerprint density at radius 2 is 1.93 bits per heavy atom. The summed E-state index contributed by atoms with van der Waals surface area (Å²) >= 11 is 0. The van der Waals surface area contributed by atoms with Gasteiger partial charge in [-0.25, -0.2) is 5.10 Å². The number of tetrazole rings is 1. The summed E-state index contributed by atoms with van der Waals surface area (Å²) in [6, 6.07) is 13.2. The first kappa shape index (κ1) is 19.4. The van der Waals surface area contributed by atoms with Crippen molar-refractivity contribution in [1.82, 2.24) is 25.8 Å². The van der Waals surface area contributed by atoms with Crippen LogP contribution in [0.1, 0.15) is 17.5 Å². The van der Waals surface area contributed by atoms with Crippen LogP contribution < -0.4 is 9.47 Å². The van der Waals surface area contributed by atoms with Crippen molar-refractivity contribution in [3.8, 4) is 40.1 Å². The summed E-state index contributed by atoms with van der Waals surface area (Å²) in [4.78, 5) is 0. The van der Waals surface area contributed by atoms with Gasteiger partial charge in [-0.15, -0.1) is 5.10 Å². The first-order valence-corrected chi connectivity index (χ1v) is 9.44. The number of rotatable bonds is 8. The van der Waals surface area contributed by atoms with Gasteiger partial charge >= 0.3 is 0 Å². The zero-order valence-corrected chi connectivity index (χ0v) is 16.6. The quantitative estimate of drug-likeness (QED) is 0.426. The highest BCUT2D eigenvalue weighted by Gasteiger charge is 2.13. The summed E-state index contributed by atoms with van der Waals surface area (Å²) < 4.78 is 16.6. The van der Waals surface area contributed by atoms with Crippen LogP contribution in [0.3, 0.4) is 0 Å². The number of benzene rings is 2. The lowest BCUT2D eigenvalue weighted by molar-refractivity contribution is 0.312. The number of hydrogen-bond donors (Lipinski definition) is 2. The normalized spacial score (nSPS) is 10.9. The lowest BCUT2D eigenvalue weighted by atomic mass is 10.0. The fraction of sp³-hybridized carbons (Fsp3) is 0.238. The van der Waals surface area contributed by atoms with Crippen LogP contribution in [0.2, 0.25) is 0 Å². The van der Waals surface area contributed by atoms with Gasteiger partial charge < -0.3 is 19.1 Å². The van der Waals surface area contributed by atoms with E-state index in [0.717, 1.165) is 40.8 Å². The molecule has 0 aliphatic heterocycles. The number of hydrogen-bond acceptors (Lipinski definition) is 8. The fourth-order valence-corrected chi connectivity index (χ4v) is 3.16. The molecule has 0 aliphatic carbocycles. The second-order valence-electron chi connectivity index (χ2n) is 6.79. The van der Waals surface area contributed by atoms with Gasteiger partial charge in [-0.1, -0.05) is 12.1 Å². The van der Waals surface area contributed by atoms with E-state index in [2.05, 4.69) is 25.8 Å². The topological polar surface area (TPSA) is 119 Å². The van der Waals surface area contributed by atoms with E-state index in [0.29, 0.717) is 23.9 Å². The summed E-state index contributed by atoms with van der Waals surface area (Å²) in [6.45, 7) is 2.55. The first-order valence-electron chi connectivity index (χ1n) is 9.44. The third kappa shape index (κ3) is 4.24. The maximum absolute atomic E-state index is 9.39. The molecular weight excluding hydrogens is 386 g/mol. The Labute approximate surface area is 172 Å². The zero-order valence-electron chi connectivity index (χ0n) is 16.6. The van der Waals surface area contributed by atoms with Crippen LogP contribution in [0.15, 0.2) is 47.0 Å². The maximum atomic E-state index is 9.39. The number of H-pyrrole nitrogens is 1. The van der Waals surface area contributed by atoms with Crippen LogP contribution in [0.25, 0.3) is 22.7 Å². The maximum Gasteiger partial charge on any atom is 0.252 e. The van der Waals surface area contributed by atoms with Gasteiger partial charge in [0.05, 0.1) is 24.8 Å². The molecule has 2 heterocycles. The van der Waals surface area contributed by atoms with E-state index in [1.165, 1.54) is 6.07 Å². The molecule has 30 heavy (non-hydrogen) atoms. The molecule has 2 N–H and O–H groups in total. The molecule has 0 amide bonds. The molecule has 9 heteroatoms. The predicted molar refractivity (Wildman–Crippen MR) is 108 cm³/mol. The van der Waals surface area contributed by atoms with Crippen molar-refractivity contribution < 1.29 is 19.1 Å². The minimum atomic E-state index is -0.162. The number of aromatic nitrogens is 5. The van der Waals surface area contributed by atoms with Crippen LogP contribution in [-0.4, -0.2) is 44.6 Å². The van der Waals surface area contributed by atoms with Gasteiger partial charge in [0.25, 0.3) is 5.88 Å². The molecule has 4 rings (SSSR count). The largest absolute Gasteiger partial charge is 0.496 e. The summed E-state index contributed by atoms with van der Waals surface area (Å²) in [7, 11) is 1.60. The van der Waals surface area contributed by atoms with Gasteiger partial charge in [0.1, 0.15) is 11.5 Å². The SMILES string of the molecule is COc1cc(CCCOc2cc(C)ccc2-c2nnn[nH]2)ccc1-c1cc(O)no1. The van der Waals surface area contributed by atoms with Crippen molar-refractivity contribution in [2.45, 2.75) is 19.8 Å². The van der Waals surface area contributed by atoms with E-state index in [1.807, 2.05) is 43.3 Å². The van der Waals surface area contributed by atoms with Gasteiger partial charge in [-0.2, -0.15) is 0 Å². The number of aromatic hydroxyl groups is 1. The molecule has 2 aromatic carbocycles. The Balaban J connectivity index is 1.40. The highest BCUT2D eigenvalue weighted by atomic mass is 16.5. The lowest BCUT2D eigenvalue weighted by Crippen LogP contribution is -2.02. The van der Waals surface area contributed by atoms with E-state index >= 15 is 0 Å². The van der Waals surface area contributed by atoms with Crippen molar-refractivity contribution in [2.75, 3.05) is 13.7 Å². The molecule has 0 saturated carbocycles. The number of aryl methyl sites for hydroxylation is 2.